The van der Waals surface area contributed by atoms with E-state index in [0.29, 0.717) is 24.1 Å². The molecule has 1 aliphatic carbocycles. The lowest BCUT2D eigenvalue weighted by atomic mass is 10.00. The van der Waals surface area contributed by atoms with E-state index in [1.165, 1.54) is 25.7 Å². The monoisotopic (exact) mass is 259 g/mol. The fourth-order valence-electron chi connectivity index (χ4n) is 3.74. The number of aromatic nitrogens is 2. The third-order valence-corrected chi connectivity index (χ3v) is 4.89. The summed E-state index contributed by atoms with van der Waals surface area (Å²) in [7, 11) is 1.84. The molecule has 4 nitrogen and oxygen atoms in total. The lowest BCUT2D eigenvalue weighted by Gasteiger charge is -2.39. The number of fused-ring (bicyclic) bond motifs is 2. The Labute approximate surface area is 114 Å². The Hall–Kier alpha value is -1.16. The molecule has 1 aromatic rings. The normalized spacial score (nSPS) is 33.7. The summed E-state index contributed by atoms with van der Waals surface area (Å²) in [4.78, 5) is 11.8. The second-order valence-electron chi connectivity index (χ2n) is 6.17. The molecule has 1 saturated carbocycles. The Kier molecular flexibility index (Phi) is 2.72. The van der Waals surface area contributed by atoms with Gasteiger partial charge in [0.1, 0.15) is 11.6 Å². The van der Waals surface area contributed by atoms with Crippen LogP contribution in [0.3, 0.4) is 0 Å². The van der Waals surface area contributed by atoms with Crippen LogP contribution < -0.4 is 4.90 Å². The van der Waals surface area contributed by atoms with E-state index < -0.39 is 0 Å². The molecule has 0 spiro atoms. The highest BCUT2D eigenvalue weighted by Gasteiger charge is 2.41. The number of hydrogen-bond acceptors (Lipinski definition) is 4. The van der Waals surface area contributed by atoms with Gasteiger partial charge in [-0.05, 0) is 44.6 Å². The van der Waals surface area contributed by atoms with Crippen LogP contribution in [0.25, 0.3) is 0 Å². The summed E-state index contributed by atoms with van der Waals surface area (Å²) in [5.41, 5.74) is 0. The van der Waals surface area contributed by atoms with Crippen molar-refractivity contribution in [1.82, 2.24) is 9.97 Å². The lowest BCUT2D eigenvalue weighted by molar-refractivity contribution is 0.0682. The first-order chi connectivity index (χ1) is 9.35. The Morgan fingerprint density at radius 3 is 2.53 bits per heavy atom. The summed E-state index contributed by atoms with van der Waals surface area (Å²) in [6.07, 6.45) is 9.78. The molecule has 2 unspecified atom stereocenters. The molecule has 2 aliphatic heterocycles. The third kappa shape index (κ3) is 2.02. The second kappa shape index (κ2) is 4.44. The van der Waals surface area contributed by atoms with Crippen LogP contribution in [0.4, 0.5) is 5.82 Å². The van der Waals surface area contributed by atoms with E-state index in [0.717, 1.165) is 24.5 Å². The summed E-state index contributed by atoms with van der Waals surface area (Å²) < 4.78 is 5.57. The van der Waals surface area contributed by atoms with Crippen LogP contribution >= 0.6 is 0 Å². The maximum Gasteiger partial charge on any atom is 0.133 e. The minimum Gasteiger partial charge on any atom is -0.381 e. The van der Waals surface area contributed by atoms with Gasteiger partial charge in [0, 0.05) is 31.3 Å². The molecule has 1 aromatic heterocycles. The molecule has 19 heavy (non-hydrogen) atoms. The predicted octanol–water partition coefficient (Wildman–Crippen LogP) is 2.50. The maximum atomic E-state index is 5.57. The molecule has 0 aromatic carbocycles. The molecule has 3 heterocycles. The van der Waals surface area contributed by atoms with Crippen LogP contribution in [0.15, 0.2) is 12.3 Å². The highest BCUT2D eigenvalue weighted by atomic mass is 16.5. The number of anilines is 1. The van der Waals surface area contributed by atoms with Crippen molar-refractivity contribution in [3.8, 4) is 0 Å². The summed E-state index contributed by atoms with van der Waals surface area (Å²) in [6.45, 7) is 0. The minimum absolute atomic E-state index is 0.443. The average molecular weight is 259 g/mol. The van der Waals surface area contributed by atoms with Crippen LogP contribution in [0.2, 0.25) is 0 Å². The van der Waals surface area contributed by atoms with E-state index >= 15 is 0 Å². The number of ether oxygens (including phenoxy) is 1. The molecule has 2 saturated heterocycles. The van der Waals surface area contributed by atoms with Crippen molar-refractivity contribution in [2.75, 3.05) is 12.0 Å². The zero-order chi connectivity index (χ0) is 12.8. The molecule has 0 amide bonds. The average Bonchev–Trinajstić information content (AvgIpc) is 3.25. The first-order valence-electron chi connectivity index (χ1n) is 7.49. The third-order valence-electron chi connectivity index (χ3n) is 4.89. The van der Waals surface area contributed by atoms with Crippen LogP contribution in [-0.2, 0) is 4.74 Å². The smallest absolute Gasteiger partial charge is 0.133 e. The standard InChI is InChI=1S/C15H21N3O/c1-19-13-8-11-4-5-12(9-13)18(11)14-6-7-16-15(17-14)10-2-3-10/h6-7,10-13H,2-5,8-9H2,1H3. The quantitative estimate of drug-likeness (QED) is 0.836. The molecular weight excluding hydrogens is 238 g/mol. The Morgan fingerprint density at radius 1 is 1.16 bits per heavy atom. The molecule has 3 fully saturated rings. The van der Waals surface area contributed by atoms with Crippen molar-refractivity contribution in [1.29, 1.82) is 0 Å². The van der Waals surface area contributed by atoms with E-state index in [-0.39, 0.29) is 0 Å². The number of hydrogen-bond donors (Lipinski definition) is 0. The van der Waals surface area contributed by atoms with Crippen molar-refractivity contribution < 1.29 is 4.74 Å². The molecule has 0 N–H and O–H groups in total. The number of nitrogens with zero attached hydrogens (tertiary/aromatic N) is 3. The molecule has 0 radical (unpaired) electrons. The minimum atomic E-state index is 0.443. The van der Waals surface area contributed by atoms with Gasteiger partial charge in [-0.3, -0.25) is 0 Å². The number of piperidine rings is 1. The van der Waals surface area contributed by atoms with Crippen LogP contribution in [0, 0.1) is 0 Å². The van der Waals surface area contributed by atoms with Gasteiger partial charge in [0.25, 0.3) is 0 Å². The van der Waals surface area contributed by atoms with Crippen LogP contribution in [0.1, 0.15) is 50.3 Å². The highest BCUT2D eigenvalue weighted by molar-refractivity contribution is 5.43. The summed E-state index contributed by atoms with van der Waals surface area (Å²) in [5, 5.41) is 0. The largest absolute Gasteiger partial charge is 0.381 e. The highest BCUT2D eigenvalue weighted by Crippen LogP contribution is 2.41. The van der Waals surface area contributed by atoms with Crippen LogP contribution in [0.5, 0.6) is 0 Å². The second-order valence-corrected chi connectivity index (χ2v) is 6.17. The van der Waals surface area contributed by atoms with Gasteiger partial charge < -0.3 is 9.64 Å². The fraction of sp³-hybridized carbons (Fsp3) is 0.733. The van der Waals surface area contributed by atoms with E-state index in [9.17, 15) is 0 Å². The van der Waals surface area contributed by atoms with Gasteiger partial charge in [0.2, 0.25) is 0 Å². The van der Waals surface area contributed by atoms with Crippen molar-refractivity contribution >= 4 is 5.82 Å². The summed E-state index contributed by atoms with van der Waals surface area (Å²) >= 11 is 0. The molecule has 3 aliphatic rings. The van der Waals surface area contributed by atoms with Gasteiger partial charge in [-0.25, -0.2) is 9.97 Å². The molecule has 2 atom stereocenters. The predicted molar refractivity (Wildman–Crippen MR) is 73.3 cm³/mol. The zero-order valence-corrected chi connectivity index (χ0v) is 11.5. The summed E-state index contributed by atoms with van der Waals surface area (Å²) in [5.74, 6) is 2.85. The van der Waals surface area contributed by atoms with Gasteiger partial charge in [0.05, 0.1) is 6.10 Å². The molecule has 102 valence electrons. The Bertz CT molecular complexity index is 460. The zero-order valence-electron chi connectivity index (χ0n) is 11.5. The van der Waals surface area contributed by atoms with Crippen molar-refractivity contribution in [3.63, 3.8) is 0 Å². The van der Waals surface area contributed by atoms with Crippen molar-refractivity contribution in [3.05, 3.63) is 18.1 Å². The number of rotatable bonds is 3. The lowest BCUT2D eigenvalue weighted by Crippen LogP contribution is -2.45. The SMILES string of the molecule is COC1CC2CCC(C1)N2c1ccnc(C2CC2)n1. The van der Waals surface area contributed by atoms with Crippen molar-refractivity contribution in [2.45, 2.75) is 62.6 Å². The maximum absolute atomic E-state index is 5.57. The van der Waals surface area contributed by atoms with Crippen molar-refractivity contribution in [2.24, 2.45) is 0 Å². The molecule has 2 bridgehead atoms. The fourth-order valence-corrected chi connectivity index (χ4v) is 3.74. The molecule has 4 heteroatoms. The van der Waals surface area contributed by atoms with E-state index in [1.807, 2.05) is 13.3 Å². The van der Waals surface area contributed by atoms with E-state index in [4.69, 9.17) is 9.72 Å². The van der Waals surface area contributed by atoms with E-state index in [2.05, 4.69) is 16.0 Å². The van der Waals surface area contributed by atoms with Gasteiger partial charge in [-0.1, -0.05) is 0 Å². The van der Waals surface area contributed by atoms with Gasteiger partial charge >= 0.3 is 0 Å². The number of methoxy groups -OCH3 is 1. The summed E-state index contributed by atoms with van der Waals surface area (Å²) in [6, 6.07) is 3.32. The Balaban J connectivity index is 1.60. The van der Waals surface area contributed by atoms with Gasteiger partial charge in [-0.2, -0.15) is 0 Å². The van der Waals surface area contributed by atoms with Gasteiger partial charge in [-0.15, -0.1) is 0 Å². The van der Waals surface area contributed by atoms with Crippen LogP contribution in [-0.4, -0.2) is 35.3 Å². The van der Waals surface area contributed by atoms with Gasteiger partial charge in [0.15, 0.2) is 0 Å². The first-order valence-corrected chi connectivity index (χ1v) is 7.49. The topological polar surface area (TPSA) is 38.2 Å². The Morgan fingerprint density at radius 2 is 1.89 bits per heavy atom. The molecular formula is C15H21N3O. The first kappa shape index (κ1) is 11.6. The van der Waals surface area contributed by atoms with E-state index in [1.54, 1.807) is 0 Å². The molecule has 4 rings (SSSR count).